The normalized spacial score (nSPS) is 35.9. The molecule has 1 aromatic heterocycles. The molecule has 1 N–H and O–H groups in total. The molecule has 76 valence electrons. The van der Waals surface area contributed by atoms with E-state index in [1.54, 1.807) is 0 Å². The Kier molecular flexibility index (Phi) is 2.41. The largest absolute Gasteiger partial charge is 0.380 e. The van der Waals surface area contributed by atoms with E-state index in [0.29, 0.717) is 6.04 Å². The van der Waals surface area contributed by atoms with Crippen LogP contribution in [0.15, 0.2) is 11.6 Å². The zero-order valence-corrected chi connectivity index (χ0v) is 9.61. The van der Waals surface area contributed by atoms with Gasteiger partial charge >= 0.3 is 0 Å². The predicted octanol–water partition coefficient (Wildman–Crippen LogP) is 2.98. The van der Waals surface area contributed by atoms with Gasteiger partial charge in [-0.1, -0.05) is 0 Å². The van der Waals surface area contributed by atoms with Crippen molar-refractivity contribution in [3.8, 4) is 0 Å². The smallest absolute Gasteiger partial charge is 0.0655 e. The maximum Gasteiger partial charge on any atom is 0.0655 e. The minimum Gasteiger partial charge on any atom is -0.380 e. The van der Waals surface area contributed by atoms with Gasteiger partial charge in [-0.05, 0) is 37.2 Å². The maximum absolute atomic E-state index is 4.12. The zero-order valence-electron chi connectivity index (χ0n) is 7.98. The van der Waals surface area contributed by atoms with Crippen molar-refractivity contribution in [2.45, 2.75) is 42.2 Å². The molecule has 1 aromatic rings. The number of hydrogen-bond acceptors (Lipinski definition) is 4. The molecule has 2 aliphatic heterocycles. The van der Waals surface area contributed by atoms with Crippen LogP contribution in [0.2, 0.25) is 0 Å². The number of nitrogens with zero attached hydrogens (tertiary/aromatic N) is 1. The lowest BCUT2D eigenvalue weighted by atomic mass is 10.1. The molecule has 0 aromatic carbocycles. The van der Waals surface area contributed by atoms with Gasteiger partial charge in [0.1, 0.15) is 0 Å². The first-order chi connectivity index (χ1) is 6.90. The van der Waals surface area contributed by atoms with E-state index in [2.05, 4.69) is 26.8 Å². The Balaban J connectivity index is 1.64. The minimum absolute atomic E-state index is 0.699. The molecule has 0 spiro atoms. The van der Waals surface area contributed by atoms with Crippen LogP contribution >= 0.6 is 23.3 Å². The molecule has 0 aliphatic carbocycles. The molecule has 4 heteroatoms. The molecule has 3 rings (SSSR count). The van der Waals surface area contributed by atoms with E-state index in [1.807, 2.05) is 6.20 Å². The fourth-order valence-electron chi connectivity index (χ4n) is 2.49. The fraction of sp³-hybridized carbons (Fsp3) is 0.700. The lowest BCUT2D eigenvalue weighted by Gasteiger charge is -2.28. The number of rotatable bonds is 2. The Hall–Kier alpha value is -0.220. The second-order valence-corrected chi connectivity index (χ2v) is 6.45. The Morgan fingerprint density at radius 3 is 2.71 bits per heavy atom. The summed E-state index contributed by atoms with van der Waals surface area (Å²) in [6, 6.07) is 0.699. The van der Waals surface area contributed by atoms with Gasteiger partial charge in [-0.15, -0.1) is 0 Å². The van der Waals surface area contributed by atoms with E-state index in [1.165, 1.54) is 42.9 Å². The summed E-state index contributed by atoms with van der Waals surface area (Å²) >= 11 is 3.74. The van der Waals surface area contributed by atoms with E-state index in [4.69, 9.17) is 0 Å². The quantitative estimate of drug-likeness (QED) is 0.839. The Morgan fingerprint density at radius 1 is 1.29 bits per heavy atom. The summed E-state index contributed by atoms with van der Waals surface area (Å²) in [5.41, 5.74) is 1.21. The summed E-state index contributed by atoms with van der Waals surface area (Å²) in [5.74, 6) is 0. The van der Waals surface area contributed by atoms with Crippen molar-refractivity contribution in [1.82, 2.24) is 4.37 Å². The molecule has 2 atom stereocenters. The summed E-state index contributed by atoms with van der Waals surface area (Å²) in [7, 11) is 0. The van der Waals surface area contributed by atoms with Crippen LogP contribution in [0.5, 0.6) is 0 Å². The fourth-order valence-corrected chi connectivity index (χ4v) is 4.74. The van der Waals surface area contributed by atoms with Gasteiger partial charge in [0.15, 0.2) is 0 Å². The van der Waals surface area contributed by atoms with Gasteiger partial charge in [0.25, 0.3) is 0 Å². The molecule has 0 amide bonds. The van der Waals surface area contributed by atoms with E-state index in [9.17, 15) is 0 Å². The van der Waals surface area contributed by atoms with E-state index < -0.39 is 0 Å². The topological polar surface area (TPSA) is 24.9 Å². The Morgan fingerprint density at radius 2 is 2.07 bits per heavy atom. The van der Waals surface area contributed by atoms with Gasteiger partial charge in [0.05, 0.1) is 11.9 Å². The molecular formula is C10H14N2S2. The number of aromatic nitrogens is 1. The highest BCUT2D eigenvalue weighted by atomic mass is 32.2. The average molecular weight is 226 g/mol. The third kappa shape index (κ3) is 1.77. The van der Waals surface area contributed by atoms with Crippen LogP contribution in [-0.4, -0.2) is 20.9 Å². The summed E-state index contributed by atoms with van der Waals surface area (Å²) in [5, 5.41) is 7.55. The van der Waals surface area contributed by atoms with Crippen molar-refractivity contribution in [2.75, 3.05) is 5.32 Å². The molecule has 2 saturated heterocycles. The number of anilines is 1. The van der Waals surface area contributed by atoms with Crippen LogP contribution in [0, 0.1) is 0 Å². The molecule has 14 heavy (non-hydrogen) atoms. The first-order valence-corrected chi connectivity index (χ1v) is 6.99. The Labute approximate surface area is 92.6 Å². The second-order valence-electron chi connectivity index (χ2n) is 4.18. The molecule has 2 fully saturated rings. The molecule has 2 bridgehead atoms. The monoisotopic (exact) mass is 226 g/mol. The summed E-state index contributed by atoms with van der Waals surface area (Å²) < 4.78 is 4.12. The number of thioether (sulfide) groups is 1. The van der Waals surface area contributed by atoms with Crippen LogP contribution in [0.4, 0.5) is 5.69 Å². The molecular weight excluding hydrogens is 212 g/mol. The molecule has 0 radical (unpaired) electrons. The highest BCUT2D eigenvalue weighted by molar-refractivity contribution is 8.00. The van der Waals surface area contributed by atoms with E-state index in [-0.39, 0.29) is 0 Å². The number of fused-ring (bicyclic) bond motifs is 2. The molecule has 0 saturated carbocycles. The average Bonchev–Trinajstić information content (AvgIpc) is 2.77. The van der Waals surface area contributed by atoms with Crippen LogP contribution in [0.25, 0.3) is 0 Å². The van der Waals surface area contributed by atoms with Gasteiger partial charge in [-0.2, -0.15) is 16.1 Å². The number of hydrogen-bond donors (Lipinski definition) is 1. The summed E-state index contributed by atoms with van der Waals surface area (Å²) in [4.78, 5) is 0. The van der Waals surface area contributed by atoms with Crippen molar-refractivity contribution in [3.05, 3.63) is 11.6 Å². The SMILES string of the molecule is c1nscc1NC1CC2CCC(C1)S2. The molecule has 2 aliphatic rings. The third-order valence-corrected chi connectivity index (χ3v) is 5.31. The van der Waals surface area contributed by atoms with Gasteiger partial charge < -0.3 is 5.32 Å². The highest BCUT2D eigenvalue weighted by Gasteiger charge is 2.34. The standard InChI is InChI=1S/C10H14N2S2/c1-2-10-4-7(3-9(1)14-10)12-8-5-11-13-6-8/h5-7,9-10,12H,1-4H2. The van der Waals surface area contributed by atoms with Crippen molar-refractivity contribution < 1.29 is 0 Å². The lowest BCUT2D eigenvalue weighted by Crippen LogP contribution is -2.28. The van der Waals surface area contributed by atoms with Gasteiger partial charge in [-0.25, -0.2) is 0 Å². The van der Waals surface area contributed by atoms with Crippen LogP contribution in [-0.2, 0) is 0 Å². The molecule has 2 unspecified atom stereocenters. The van der Waals surface area contributed by atoms with Crippen LogP contribution < -0.4 is 5.32 Å². The van der Waals surface area contributed by atoms with Crippen molar-refractivity contribution >= 4 is 29.0 Å². The van der Waals surface area contributed by atoms with Crippen LogP contribution in [0.3, 0.4) is 0 Å². The Bertz CT molecular complexity index is 287. The first kappa shape index (κ1) is 9.04. The lowest BCUT2D eigenvalue weighted by molar-refractivity contribution is 0.610. The molecule has 2 nitrogen and oxygen atoms in total. The van der Waals surface area contributed by atoms with E-state index in [0.717, 1.165) is 10.5 Å². The van der Waals surface area contributed by atoms with Crippen molar-refractivity contribution in [1.29, 1.82) is 0 Å². The summed E-state index contributed by atoms with van der Waals surface area (Å²) in [6.45, 7) is 0. The predicted molar refractivity (Wildman–Crippen MR) is 63.2 cm³/mol. The highest BCUT2D eigenvalue weighted by Crippen LogP contribution is 2.44. The third-order valence-electron chi connectivity index (χ3n) is 3.09. The van der Waals surface area contributed by atoms with Gasteiger partial charge in [-0.3, -0.25) is 0 Å². The zero-order chi connectivity index (χ0) is 9.38. The van der Waals surface area contributed by atoms with Crippen molar-refractivity contribution in [3.63, 3.8) is 0 Å². The first-order valence-electron chi connectivity index (χ1n) is 5.21. The minimum atomic E-state index is 0.699. The molecule has 3 heterocycles. The summed E-state index contributed by atoms with van der Waals surface area (Å²) in [6.07, 6.45) is 7.51. The second kappa shape index (κ2) is 3.74. The van der Waals surface area contributed by atoms with Gasteiger partial charge in [0, 0.05) is 21.9 Å². The van der Waals surface area contributed by atoms with Crippen LogP contribution in [0.1, 0.15) is 25.7 Å². The maximum atomic E-state index is 4.12. The van der Waals surface area contributed by atoms with E-state index >= 15 is 0 Å². The van der Waals surface area contributed by atoms with Crippen molar-refractivity contribution in [2.24, 2.45) is 0 Å². The van der Waals surface area contributed by atoms with Gasteiger partial charge in [0.2, 0.25) is 0 Å². The number of nitrogens with one attached hydrogen (secondary N) is 1.